The van der Waals surface area contributed by atoms with Crippen LogP contribution in [0.25, 0.3) is 0 Å². The van der Waals surface area contributed by atoms with Crippen LogP contribution in [0.4, 0.5) is 0 Å². The molecule has 4 fully saturated rings. The van der Waals surface area contributed by atoms with E-state index in [0.29, 0.717) is 11.3 Å². The van der Waals surface area contributed by atoms with E-state index in [1.54, 1.807) is 0 Å². The van der Waals surface area contributed by atoms with Crippen LogP contribution in [0.1, 0.15) is 51.9 Å². The lowest BCUT2D eigenvalue weighted by molar-refractivity contribution is -0.887. The summed E-state index contributed by atoms with van der Waals surface area (Å²) in [7, 11) is 4.45. The molecule has 4 aliphatic rings. The highest BCUT2D eigenvalue weighted by Gasteiger charge is 2.51. The largest absolute Gasteiger partial charge is 0.350 e. The molecule has 4 aliphatic carbocycles. The fraction of sp³-hybridized carbons (Fsp3) is 0.944. The third-order valence-electron chi connectivity index (χ3n) is 6.60. The average Bonchev–Trinajstić information content (AvgIpc) is 2.36. The van der Waals surface area contributed by atoms with Gasteiger partial charge in [-0.2, -0.15) is 0 Å². The molecule has 0 radical (unpaired) electrons. The van der Waals surface area contributed by atoms with Gasteiger partial charge in [0, 0.05) is 6.42 Å². The Labute approximate surface area is 130 Å². The van der Waals surface area contributed by atoms with E-state index in [4.69, 9.17) is 0 Å². The number of nitrogens with zero attached hydrogens (tertiary/aromatic N) is 1. The fourth-order valence-corrected chi connectivity index (χ4v) is 5.57. The van der Waals surface area contributed by atoms with E-state index in [1.807, 2.05) is 0 Å². The third-order valence-corrected chi connectivity index (χ3v) is 6.60. The summed E-state index contributed by atoms with van der Waals surface area (Å²) in [5.41, 5.74) is 0.383. The van der Waals surface area contributed by atoms with Gasteiger partial charge in [0.2, 0.25) is 5.91 Å². The van der Waals surface area contributed by atoms with Crippen molar-refractivity contribution in [1.82, 2.24) is 5.32 Å². The van der Waals surface area contributed by atoms with Crippen molar-refractivity contribution in [1.29, 1.82) is 0 Å². The highest BCUT2D eigenvalue weighted by atomic mass is 16.1. The highest BCUT2D eigenvalue weighted by Crippen LogP contribution is 2.61. The minimum Gasteiger partial charge on any atom is -0.350 e. The zero-order chi connectivity index (χ0) is 15.1. The number of rotatable bonds is 6. The summed E-state index contributed by atoms with van der Waals surface area (Å²) in [5, 5.41) is 3.19. The van der Waals surface area contributed by atoms with Crippen LogP contribution in [-0.2, 0) is 4.79 Å². The van der Waals surface area contributed by atoms with Crippen molar-refractivity contribution >= 4 is 5.91 Å². The second-order valence-corrected chi connectivity index (χ2v) is 8.92. The standard InChI is InChI=1S/C18H32N2O/c1-4-20(2,3)6-5-19-17(21)13-18-10-14-7-15(11-18)9-16(8-14)12-18/h14-16H,4-13H2,1-3H3/p+1. The summed E-state index contributed by atoms with van der Waals surface area (Å²) < 4.78 is 0.984. The Hall–Kier alpha value is -0.570. The number of hydrogen-bond acceptors (Lipinski definition) is 1. The quantitative estimate of drug-likeness (QED) is 0.750. The summed E-state index contributed by atoms with van der Waals surface area (Å²) in [6, 6.07) is 0. The molecule has 21 heavy (non-hydrogen) atoms. The minimum atomic E-state index is 0.313. The second-order valence-electron chi connectivity index (χ2n) is 8.92. The Kier molecular flexibility index (Phi) is 4.06. The van der Waals surface area contributed by atoms with Crippen LogP contribution >= 0.6 is 0 Å². The lowest BCUT2D eigenvalue weighted by atomic mass is 9.49. The molecule has 3 nitrogen and oxygen atoms in total. The van der Waals surface area contributed by atoms with Gasteiger partial charge in [0.15, 0.2) is 0 Å². The fourth-order valence-electron chi connectivity index (χ4n) is 5.57. The average molecular weight is 293 g/mol. The molecule has 0 saturated heterocycles. The van der Waals surface area contributed by atoms with Gasteiger partial charge in [0.05, 0.1) is 33.7 Å². The topological polar surface area (TPSA) is 29.1 Å². The number of hydrogen-bond donors (Lipinski definition) is 1. The number of carbonyl (C=O) groups excluding carboxylic acids is 1. The van der Waals surface area contributed by atoms with Gasteiger partial charge in [-0.15, -0.1) is 0 Å². The molecule has 0 heterocycles. The first-order valence-corrected chi connectivity index (χ1v) is 8.98. The van der Waals surface area contributed by atoms with Gasteiger partial charge in [0.25, 0.3) is 0 Å². The molecule has 4 saturated carbocycles. The zero-order valence-electron chi connectivity index (χ0n) is 14.2. The van der Waals surface area contributed by atoms with Crippen molar-refractivity contribution in [2.24, 2.45) is 23.2 Å². The number of likely N-dealkylation sites (N-methyl/N-ethyl adjacent to an activating group) is 1. The monoisotopic (exact) mass is 293 g/mol. The molecular weight excluding hydrogens is 260 g/mol. The summed E-state index contributed by atoms with van der Waals surface area (Å²) in [6.45, 7) is 5.18. The maximum atomic E-state index is 12.4. The molecule has 4 bridgehead atoms. The van der Waals surface area contributed by atoms with Crippen molar-refractivity contribution < 1.29 is 9.28 Å². The number of carbonyl (C=O) groups is 1. The highest BCUT2D eigenvalue weighted by molar-refractivity contribution is 5.76. The van der Waals surface area contributed by atoms with Gasteiger partial charge in [-0.3, -0.25) is 4.79 Å². The van der Waals surface area contributed by atoms with Crippen molar-refractivity contribution in [3.05, 3.63) is 0 Å². The molecule has 0 aliphatic heterocycles. The molecule has 120 valence electrons. The van der Waals surface area contributed by atoms with Crippen LogP contribution < -0.4 is 5.32 Å². The number of nitrogens with one attached hydrogen (secondary N) is 1. The predicted octanol–water partition coefficient (Wildman–Crippen LogP) is 2.81. The van der Waals surface area contributed by atoms with E-state index in [-0.39, 0.29) is 0 Å². The first-order chi connectivity index (χ1) is 9.90. The van der Waals surface area contributed by atoms with E-state index in [0.717, 1.165) is 48.3 Å². The molecule has 3 heteroatoms. The predicted molar refractivity (Wildman–Crippen MR) is 85.7 cm³/mol. The van der Waals surface area contributed by atoms with E-state index < -0.39 is 0 Å². The third kappa shape index (κ3) is 3.44. The Morgan fingerprint density at radius 1 is 1.10 bits per heavy atom. The van der Waals surface area contributed by atoms with Crippen molar-refractivity contribution in [3.63, 3.8) is 0 Å². The lowest BCUT2D eigenvalue weighted by Gasteiger charge is -2.56. The summed E-state index contributed by atoms with van der Waals surface area (Å²) in [6.07, 6.45) is 9.19. The molecule has 4 rings (SSSR count). The molecule has 0 spiro atoms. The summed E-state index contributed by atoms with van der Waals surface area (Å²) in [5.74, 6) is 3.15. The van der Waals surface area contributed by atoms with Crippen LogP contribution in [0.5, 0.6) is 0 Å². The lowest BCUT2D eigenvalue weighted by Crippen LogP contribution is -2.49. The van der Waals surface area contributed by atoms with Gasteiger partial charge in [-0.25, -0.2) is 0 Å². The SMILES string of the molecule is CC[N+](C)(C)CCNC(=O)CC12CC3CC(CC(C3)C1)C2. The first kappa shape index (κ1) is 15.3. The van der Waals surface area contributed by atoms with E-state index in [9.17, 15) is 4.79 Å². The van der Waals surface area contributed by atoms with Crippen LogP contribution in [0.3, 0.4) is 0 Å². The van der Waals surface area contributed by atoms with Crippen LogP contribution in [-0.4, -0.2) is 44.1 Å². The first-order valence-electron chi connectivity index (χ1n) is 8.98. The van der Waals surface area contributed by atoms with Crippen molar-refractivity contribution in [2.45, 2.75) is 51.9 Å². The number of quaternary nitrogens is 1. The minimum absolute atomic E-state index is 0.313. The molecular formula is C18H33N2O+. The Morgan fingerprint density at radius 3 is 2.10 bits per heavy atom. The number of amides is 1. The molecule has 1 N–H and O–H groups in total. The molecule has 0 aromatic heterocycles. The van der Waals surface area contributed by atoms with Gasteiger partial charge in [0.1, 0.15) is 0 Å². The molecule has 0 aromatic rings. The second kappa shape index (κ2) is 5.57. The summed E-state index contributed by atoms with van der Waals surface area (Å²) >= 11 is 0. The normalized spacial score (nSPS) is 37.8. The molecule has 0 atom stereocenters. The smallest absolute Gasteiger partial charge is 0.220 e. The zero-order valence-corrected chi connectivity index (χ0v) is 14.2. The molecule has 0 unspecified atom stereocenters. The van der Waals surface area contributed by atoms with Crippen LogP contribution in [0.15, 0.2) is 0 Å². The van der Waals surface area contributed by atoms with Gasteiger partial charge >= 0.3 is 0 Å². The van der Waals surface area contributed by atoms with E-state index in [2.05, 4.69) is 26.3 Å². The van der Waals surface area contributed by atoms with Gasteiger partial charge in [-0.05, 0) is 68.6 Å². The van der Waals surface area contributed by atoms with E-state index in [1.165, 1.54) is 38.5 Å². The van der Waals surface area contributed by atoms with Gasteiger partial charge in [-0.1, -0.05) is 0 Å². The Balaban J connectivity index is 1.49. The van der Waals surface area contributed by atoms with E-state index >= 15 is 0 Å². The Bertz CT molecular complexity index is 367. The molecule has 1 amide bonds. The summed E-state index contributed by atoms with van der Waals surface area (Å²) in [4.78, 5) is 12.4. The van der Waals surface area contributed by atoms with Crippen molar-refractivity contribution in [3.8, 4) is 0 Å². The van der Waals surface area contributed by atoms with Crippen molar-refractivity contribution in [2.75, 3.05) is 33.7 Å². The maximum absolute atomic E-state index is 12.4. The van der Waals surface area contributed by atoms with Crippen LogP contribution in [0.2, 0.25) is 0 Å². The maximum Gasteiger partial charge on any atom is 0.220 e. The molecule has 0 aromatic carbocycles. The van der Waals surface area contributed by atoms with Gasteiger partial charge < -0.3 is 9.80 Å². The Morgan fingerprint density at radius 2 is 1.62 bits per heavy atom. The van der Waals surface area contributed by atoms with Crippen LogP contribution in [0, 0.1) is 23.2 Å².